The van der Waals surface area contributed by atoms with Crippen LogP contribution in [0.5, 0.6) is 0 Å². The van der Waals surface area contributed by atoms with Crippen LogP contribution in [0, 0.1) is 11.3 Å². The van der Waals surface area contributed by atoms with E-state index < -0.39 is 17.8 Å². The molecule has 1 aliphatic rings. The number of furan rings is 1. The van der Waals surface area contributed by atoms with Gasteiger partial charge in [-0.15, -0.1) is 0 Å². The van der Waals surface area contributed by atoms with E-state index in [0.29, 0.717) is 17.0 Å². The lowest BCUT2D eigenvalue weighted by Crippen LogP contribution is -2.36. The van der Waals surface area contributed by atoms with Crippen LogP contribution in [0.1, 0.15) is 25.5 Å². The van der Waals surface area contributed by atoms with E-state index in [4.69, 9.17) is 26.8 Å². The third kappa shape index (κ3) is 2.48. The normalized spacial score (nSPS) is 22.2. The number of carbonyl (C=O) groups is 1. The van der Waals surface area contributed by atoms with Crippen LogP contribution in [0.2, 0.25) is 0 Å². The fraction of sp³-hybridized carbons (Fsp3) is 0.357. The number of aliphatic imine (C=N–C) groups is 1. The van der Waals surface area contributed by atoms with Crippen LogP contribution in [-0.2, 0) is 9.53 Å². The zero-order valence-corrected chi connectivity index (χ0v) is 12.0. The van der Waals surface area contributed by atoms with Crippen LogP contribution >= 0.6 is 12.2 Å². The van der Waals surface area contributed by atoms with Crippen molar-refractivity contribution in [1.29, 1.82) is 5.41 Å². The highest BCUT2D eigenvalue weighted by Gasteiger charge is 2.42. The molecule has 20 heavy (non-hydrogen) atoms. The molecule has 104 valence electrons. The lowest BCUT2D eigenvalue weighted by Gasteiger charge is -2.28. The van der Waals surface area contributed by atoms with Gasteiger partial charge in [0.05, 0.1) is 24.4 Å². The number of esters is 1. The Morgan fingerprint density at radius 2 is 2.40 bits per heavy atom. The average molecular weight is 290 g/mol. The molecule has 1 aromatic heterocycles. The molecule has 0 radical (unpaired) electrons. The molecule has 0 fully saturated rings. The molecule has 6 heteroatoms. The minimum atomic E-state index is -0.638. The predicted molar refractivity (Wildman–Crippen MR) is 78.5 cm³/mol. The summed E-state index contributed by atoms with van der Waals surface area (Å²) in [5.41, 5.74) is 0.937. The van der Waals surface area contributed by atoms with Crippen molar-refractivity contribution in [2.45, 2.75) is 19.8 Å². The molecule has 5 nitrogen and oxygen atoms in total. The summed E-state index contributed by atoms with van der Waals surface area (Å²) in [5, 5.41) is 7.42. The first-order valence-corrected chi connectivity index (χ1v) is 6.60. The van der Waals surface area contributed by atoms with E-state index in [0.717, 1.165) is 0 Å². The van der Waals surface area contributed by atoms with Crippen LogP contribution in [0.3, 0.4) is 0 Å². The number of thiocarbonyl (C=S) groups is 1. The Morgan fingerprint density at radius 1 is 1.65 bits per heavy atom. The standard InChI is InChI=1S/C14H14N2O3S/c1-3-18-14(17)11-8(2)16-13(20)9(7-15)12(11)10-5-4-6-19-10/h4-6,11-12,15H,3H2,1-2H3/t11?,12-/m1/s1. The largest absolute Gasteiger partial charge is 0.469 e. The molecule has 0 bridgehead atoms. The Morgan fingerprint density at radius 3 is 2.95 bits per heavy atom. The van der Waals surface area contributed by atoms with Crippen molar-refractivity contribution in [3.63, 3.8) is 0 Å². The van der Waals surface area contributed by atoms with Crippen LogP contribution in [0.4, 0.5) is 0 Å². The summed E-state index contributed by atoms with van der Waals surface area (Å²) in [6, 6.07) is 3.47. The molecule has 0 aliphatic carbocycles. The highest BCUT2D eigenvalue weighted by Crippen LogP contribution is 2.37. The van der Waals surface area contributed by atoms with Crippen molar-refractivity contribution in [3.05, 3.63) is 29.7 Å². The van der Waals surface area contributed by atoms with Gasteiger partial charge in [-0.05, 0) is 31.9 Å². The minimum Gasteiger partial charge on any atom is -0.469 e. The molecule has 1 aliphatic heterocycles. The Balaban J connectivity index is 2.55. The van der Waals surface area contributed by atoms with Gasteiger partial charge in [0, 0.05) is 5.71 Å². The third-order valence-corrected chi connectivity index (χ3v) is 3.44. The Hall–Kier alpha value is -2.04. The predicted octanol–water partition coefficient (Wildman–Crippen LogP) is 2.52. The fourth-order valence-electron chi connectivity index (χ4n) is 2.28. The summed E-state index contributed by atoms with van der Waals surface area (Å²) < 4.78 is 10.5. The van der Waals surface area contributed by atoms with Gasteiger partial charge >= 0.3 is 5.97 Å². The summed E-state index contributed by atoms with van der Waals surface area (Å²) in [4.78, 5) is 16.6. The number of nitrogens with one attached hydrogen (secondary N) is 1. The van der Waals surface area contributed by atoms with Crippen LogP contribution < -0.4 is 0 Å². The van der Waals surface area contributed by atoms with Crippen molar-refractivity contribution >= 4 is 34.8 Å². The highest BCUT2D eigenvalue weighted by atomic mass is 32.1. The van der Waals surface area contributed by atoms with Crippen LogP contribution in [0.15, 0.2) is 33.4 Å². The zero-order valence-electron chi connectivity index (χ0n) is 11.2. The SMILES string of the molecule is CCOC(=O)C1C(C)=NC(=S)C(=C=N)[C@@H]1c1ccco1. The molecule has 0 saturated heterocycles. The van der Waals surface area contributed by atoms with Crippen molar-refractivity contribution in [3.8, 4) is 0 Å². The summed E-state index contributed by atoms with van der Waals surface area (Å²) >= 11 is 5.16. The zero-order chi connectivity index (χ0) is 14.7. The molecular weight excluding hydrogens is 276 g/mol. The van der Waals surface area contributed by atoms with Crippen molar-refractivity contribution in [2.75, 3.05) is 6.61 Å². The van der Waals surface area contributed by atoms with Gasteiger partial charge in [-0.3, -0.25) is 10.2 Å². The summed E-state index contributed by atoms with van der Waals surface area (Å²) in [5.74, 6) is 1.30. The summed E-state index contributed by atoms with van der Waals surface area (Å²) in [6.07, 6.45) is 1.52. The first-order chi connectivity index (χ1) is 9.60. The van der Waals surface area contributed by atoms with Crippen molar-refractivity contribution < 1.29 is 13.9 Å². The number of hydrogen-bond acceptors (Lipinski definition) is 5. The van der Waals surface area contributed by atoms with Crippen molar-refractivity contribution in [1.82, 2.24) is 0 Å². The maximum Gasteiger partial charge on any atom is 0.315 e. The van der Waals surface area contributed by atoms with E-state index in [-0.39, 0.29) is 11.6 Å². The summed E-state index contributed by atoms with van der Waals surface area (Å²) in [6.45, 7) is 3.75. The average Bonchev–Trinajstić information content (AvgIpc) is 2.91. The second-order valence-electron chi connectivity index (χ2n) is 4.32. The van der Waals surface area contributed by atoms with E-state index in [9.17, 15) is 4.79 Å². The molecule has 1 aromatic rings. The number of hydrogen-bond donors (Lipinski definition) is 1. The van der Waals surface area contributed by atoms with Gasteiger partial charge in [0.15, 0.2) is 0 Å². The van der Waals surface area contributed by atoms with Crippen LogP contribution in [-0.4, -0.2) is 29.1 Å². The molecular formula is C14H14N2O3S. The molecule has 2 atom stereocenters. The molecule has 1 unspecified atom stereocenters. The van der Waals surface area contributed by atoms with Crippen LogP contribution in [0.25, 0.3) is 0 Å². The fourth-order valence-corrected chi connectivity index (χ4v) is 2.60. The van der Waals surface area contributed by atoms with E-state index in [1.807, 2.05) is 0 Å². The van der Waals surface area contributed by atoms with E-state index in [1.165, 1.54) is 6.26 Å². The molecule has 0 saturated carbocycles. The lowest BCUT2D eigenvalue weighted by atomic mass is 9.79. The Bertz CT molecular complexity index is 612. The van der Waals surface area contributed by atoms with Gasteiger partial charge in [0.25, 0.3) is 0 Å². The van der Waals surface area contributed by atoms with E-state index >= 15 is 0 Å². The number of nitrogens with zero attached hydrogens (tertiary/aromatic N) is 1. The van der Waals surface area contributed by atoms with E-state index in [2.05, 4.69) is 10.9 Å². The summed E-state index contributed by atoms with van der Waals surface area (Å²) in [7, 11) is 0. The van der Waals surface area contributed by atoms with Gasteiger partial charge in [0.1, 0.15) is 16.7 Å². The molecule has 2 heterocycles. The second-order valence-corrected chi connectivity index (χ2v) is 4.71. The van der Waals surface area contributed by atoms with Gasteiger partial charge in [-0.25, -0.2) is 4.99 Å². The molecule has 2 rings (SSSR count). The monoisotopic (exact) mass is 290 g/mol. The van der Waals surface area contributed by atoms with Gasteiger partial charge in [-0.2, -0.15) is 0 Å². The quantitative estimate of drug-likeness (QED) is 0.402. The van der Waals surface area contributed by atoms with Crippen molar-refractivity contribution in [2.24, 2.45) is 10.9 Å². The van der Waals surface area contributed by atoms with Gasteiger partial charge in [-0.1, -0.05) is 12.2 Å². The lowest BCUT2D eigenvalue weighted by molar-refractivity contribution is -0.146. The first kappa shape index (κ1) is 14.4. The molecule has 0 spiro atoms. The maximum absolute atomic E-state index is 12.2. The maximum atomic E-state index is 12.2. The Labute approximate surface area is 121 Å². The molecule has 1 N–H and O–H groups in total. The first-order valence-electron chi connectivity index (χ1n) is 6.19. The van der Waals surface area contributed by atoms with E-state index in [1.54, 1.807) is 26.0 Å². The topological polar surface area (TPSA) is 75.7 Å². The molecule has 0 aromatic carbocycles. The molecule has 0 amide bonds. The number of rotatable bonds is 3. The number of carbonyl (C=O) groups excluding carboxylic acids is 1. The minimum absolute atomic E-state index is 0.263. The highest BCUT2D eigenvalue weighted by molar-refractivity contribution is 7.80. The number of ether oxygens (including phenoxy) is 1. The van der Waals surface area contributed by atoms with Gasteiger partial charge < -0.3 is 9.15 Å². The third-order valence-electron chi connectivity index (χ3n) is 3.13. The Kier molecular flexibility index (Phi) is 4.27. The second kappa shape index (κ2) is 5.94. The smallest absolute Gasteiger partial charge is 0.315 e. The van der Waals surface area contributed by atoms with Gasteiger partial charge in [0.2, 0.25) is 0 Å².